The second-order valence-corrected chi connectivity index (χ2v) is 4.59. The predicted octanol–water partition coefficient (Wildman–Crippen LogP) is 1.34. The van der Waals surface area contributed by atoms with E-state index in [1.54, 1.807) is 13.0 Å². The van der Waals surface area contributed by atoms with E-state index >= 15 is 0 Å². The van der Waals surface area contributed by atoms with E-state index in [-0.39, 0.29) is 23.1 Å². The van der Waals surface area contributed by atoms with Crippen LogP contribution in [0, 0.1) is 6.92 Å². The first-order valence-electron chi connectivity index (χ1n) is 4.78. The number of aryl methyl sites for hydroxylation is 1. The van der Waals surface area contributed by atoms with Crippen molar-refractivity contribution in [3.8, 4) is 0 Å². The largest absolute Gasteiger partial charge is 0.349 e. The van der Waals surface area contributed by atoms with Crippen LogP contribution in [0.3, 0.4) is 0 Å². The Labute approximate surface area is 95.2 Å². The third-order valence-electron chi connectivity index (χ3n) is 2.33. The lowest BCUT2D eigenvalue weighted by Crippen LogP contribution is -2.31. The zero-order valence-corrected chi connectivity index (χ0v) is 9.85. The topological polar surface area (TPSA) is 62.0 Å². The van der Waals surface area contributed by atoms with E-state index in [0.29, 0.717) is 0 Å². The van der Waals surface area contributed by atoms with Crippen LogP contribution >= 0.6 is 15.9 Å². The summed E-state index contributed by atoms with van der Waals surface area (Å²) in [5.41, 5.74) is 0.552. The highest BCUT2D eigenvalue weighted by molar-refractivity contribution is 9.10. The van der Waals surface area contributed by atoms with E-state index < -0.39 is 0 Å². The van der Waals surface area contributed by atoms with Crippen LogP contribution in [0.1, 0.15) is 28.9 Å². The summed E-state index contributed by atoms with van der Waals surface area (Å²) in [7, 11) is 0. The van der Waals surface area contributed by atoms with Gasteiger partial charge in [-0.15, -0.1) is 0 Å². The average Bonchev–Trinajstić information content (AvgIpc) is 2.95. The van der Waals surface area contributed by atoms with E-state index in [4.69, 9.17) is 0 Å². The SMILES string of the molecule is Cc1[nH]c(=O)c(C(=O)NC2CC2)cc1Br. The van der Waals surface area contributed by atoms with Gasteiger partial charge in [0, 0.05) is 16.2 Å². The van der Waals surface area contributed by atoms with Crippen molar-refractivity contribution in [3.05, 3.63) is 32.2 Å². The van der Waals surface area contributed by atoms with Crippen LogP contribution in [0.5, 0.6) is 0 Å². The van der Waals surface area contributed by atoms with Crippen molar-refractivity contribution >= 4 is 21.8 Å². The zero-order chi connectivity index (χ0) is 11.0. The summed E-state index contributed by atoms with van der Waals surface area (Å²) in [5, 5.41) is 2.78. The lowest BCUT2D eigenvalue weighted by molar-refractivity contribution is 0.0949. The highest BCUT2D eigenvalue weighted by Crippen LogP contribution is 2.19. The van der Waals surface area contributed by atoms with Crippen LogP contribution in [0.25, 0.3) is 0 Å². The summed E-state index contributed by atoms with van der Waals surface area (Å²) in [6, 6.07) is 1.82. The van der Waals surface area contributed by atoms with Gasteiger partial charge in [-0.05, 0) is 41.8 Å². The fourth-order valence-electron chi connectivity index (χ4n) is 1.26. The molecular formula is C10H11BrN2O2. The minimum absolute atomic E-state index is 0.166. The Kier molecular flexibility index (Phi) is 2.65. The van der Waals surface area contributed by atoms with Crippen molar-refractivity contribution in [2.45, 2.75) is 25.8 Å². The Morgan fingerprint density at radius 1 is 1.60 bits per heavy atom. The Morgan fingerprint density at radius 3 is 2.87 bits per heavy atom. The molecule has 0 atom stereocenters. The molecule has 0 radical (unpaired) electrons. The van der Waals surface area contributed by atoms with Gasteiger partial charge in [-0.25, -0.2) is 0 Å². The van der Waals surface area contributed by atoms with Crippen LogP contribution < -0.4 is 10.9 Å². The number of carbonyl (C=O) groups is 1. The Balaban J connectivity index is 2.30. The van der Waals surface area contributed by atoms with Gasteiger partial charge in [0.15, 0.2) is 0 Å². The lowest BCUT2D eigenvalue weighted by atomic mass is 10.2. The molecule has 0 bridgehead atoms. The maximum Gasteiger partial charge on any atom is 0.261 e. The summed E-state index contributed by atoms with van der Waals surface area (Å²) in [4.78, 5) is 25.7. The number of aromatic amines is 1. The Morgan fingerprint density at radius 2 is 2.27 bits per heavy atom. The van der Waals surface area contributed by atoms with Gasteiger partial charge >= 0.3 is 0 Å². The quantitative estimate of drug-likeness (QED) is 0.852. The van der Waals surface area contributed by atoms with Crippen molar-refractivity contribution in [3.63, 3.8) is 0 Å². The standard InChI is InChI=1S/C10H11BrN2O2/c1-5-8(11)4-7(9(14)12-5)10(15)13-6-2-3-6/h4,6H,2-3H2,1H3,(H,12,14)(H,13,15). The minimum Gasteiger partial charge on any atom is -0.349 e. The number of H-pyrrole nitrogens is 1. The van der Waals surface area contributed by atoms with Crippen LogP contribution in [-0.2, 0) is 0 Å². The number of pyridine rings is 1. The molecule has 1 aromatic rings. The van der Waals surface area contributed by atoms with Crippen LogP contribution in [-0.4, -0.2) is 16.9 Å². The Bertz CT molecular complexity index is 463. The molecule has 1 fully saturated rings. The van der Waals surface area contributed by atoms with Crippen molar-refractivity contribution < 1.29 is 4.79 Å². The molecular weight excluding hydrogens is 260 g/mol. The molecule has 5 heteroatoms. The molecule has 4 nitrogen and oxygen atoms in total. The third kappa shape index (κ3) is 2.28. The van der Waals surface area contributed by atoms with Gasteiger partial charge in [-0.2, -0.15) is 0 Å². The molecule has 0 saturated heterocycles. The summed E-state index contributed by atoms with van der Waals surface area (Å²) in [6.07, 6.45) is 2.02. The molecule has 1 aliphatic rings. The van der Waals surface area contributed by atoms with E-state index in [1.807, 2.05) is 0 Å². The number of carbonyl (C=O) groups excluding carboxylic acids is 1. The van der Waals surface area contributed by atoms with Crippen LogP contribution in [0.4, 0.5) is 0 Å². The molecule has 1 aromatic heterocycles. The molecule has 0 aromatic carbocycles. The number of halogens is 1. The van der Waals surface area contributed by atoms with E-state index in [2.05, 4.69) is 26.2 Å². The van der Waals surface area contributed by atoms with Crippen LogP contribution in [0.15, 0.2) is 15.3 Å². The molecule has 0 unspecified atom stereocenters. The van der Waals surface area contributed by atoms with Gasteiger partial charge < -0.3 is 10.3 Å². The number of nitrogens with one attached hydrogen (secondary N) is 2. The molecule has 1 saturated carbocycles. The van der Waals surface area contributed by atoms with Gasteiger partial charge in [0.25, 0.3) is 11.5 Å². The number of rotatable bonds is 2. The number of amides is 1. The first-order chi connectivity index (χ1) is 7.08. The van der Waals surface area contributed by atoms with E-state index in [0.717, 1.165) is 23.0 Å². The van der Waals surface area contributed by atoms with Gasteiger partial charge in [-0.3, -0.25) is 9.59 Å². The number of hydrogen-bond donors (Lipinski definition) is 2. The van der Waals surface area contributed by atoms with Crippen molar-refractivity contribution in [2.75, 3.05) is 0 Å². The molecule has 1 aliphatic carbocycles. The molecule has 2 rings (SSSR count). The molecule has 2 N–H and O–H groups in total. The summed E-state index contributed by atoms with van der Waals surface area (Å²) in [5.74, 6) is -0.292. The number of aromatic nitrogens is 1. The summed E-state index contributed by atoms with van der Waals surface area (Å²) in [6.45, 7) is 1.77. The highest BCUT2D eigenvalue weighted by atomic mass is 79.9. The molecule has 1 heterocycles. The molecule has 15 heavy (non-hydrogen) atoms. The van der Waals surface area contributed by atoms with E-state index in [1.165, 1.54) is 0 Å². The lowest BCUT2D eigenvalue weighted by Gasteiger charge is -2.04. The second kappa shape index (κ2) is 3.81. The smallest absolute Gasteiger partial charge is 0.261 e. The molecule has 80 valence electrons. The fraction of sp³-hybridized carbons (Fsp3) is 0.400. The normalized spacial score (nSPS) is 15.1. The molecule has 1 amide bonds. The van der Waals surface area contributed by atoms with Crippen molar-refractivity contribution in [2.24, 2.45) is 0 Å². The first kappa shape index (κ1) is 10.4. The van der Waals surface area contributed by atoms with Crippen LogP contribution in [0.2, 0.25) is 0 Å². The zero-order valence-electron chi connectivity index (χ0n) is 8.26. The summed E-state index contributed by atoms with van der Waals surface area (Å²) < 4.78 is 0.739. The van der Waals surface area contributed by atoms with Crippen molar-refractivity contribution in [1.82, 2.24) is 10.3 Å². The molecule has 0 aliphatic heterocycles. The minimum atomic E-state index is -0.339. The monoisotopic (exact) mass is 270 g/mol. The predicted molar refractivity (Wildman–Crippen MR) is 60.0 cm³/mol. The maximum atomic E-state index is 11.6. The maximum absolute atomic E-state index is 11.6. The summed E-state index contributed by atoms with van der Waals surface area (Å²) >= 11 is 3.28. The van der Waals surface area contributed by atoms with Gasteiger partial charge in [0.05, 0.1) is 0 Å². The van der Waals surface area contributed by atoms with Gasteiger partial charge in [0.2, 0.25) is 0 Å². The van der Waals surface area contributed by atoms with Gasteiger partial charge in [0.1, 0.15) is 5.56 Å². The highest BCUT2D eigenvalue weighted by Gasteiger charge is 2.25. The second-order valence-electron chi connectivity index (χ2n) is 3.73. The average molecular weight is 271 g/mol. The molecule has 0 spiro atoms. The van der Waals surface area contributed by atoms with E-state index in [9.17, 15) is 9.59 Å². The fourth-order valence-corrected chi connectivity index (χ4v) is 1.59. The first-order valence-corrected chi connectivity index (χ1v) is 5.57. The third-order valence-corrected chi connectivity index (χ3v) is 3.16. The van der Waals surface area contributed by atoms with Crippen molar-refractivity contribution in [1.29, 1.82) is 0 Å². The Hall–Kier alpha value is -1.10. The van der Waals surface area contributed by atoms with Gasteiger partial charge in [-0.1, -0.05) is 0 Å². The number of hydrogen-bond acceptors (Lipinski definition) is 2.